The normalized spacial score (nSPS) is 25.0. The summed E-state index contributed by atoms with van der Waals surface area (Å²) in [5.74, 6) is -1.24. The maximum absolute atomic E-state index is 12.7. The van der Waals surface area contributed by atoms with E-state index < -0.39 is 16.0 Å². The summed E-state index contributed by atoms with van der Waals surface area (Å²) >= 11 is 5.98. The molecule has 2 saturated heterocycles. The number of carboxylic acid groups (broad SMARTS) is 1. The van der Waals surface area contributed by atoms with Crippen LogP contribution in [0, 0.1) is 5.41 Å². The molecule has 1 aromatic rings. The minimum absolute atomic E-state index is 0.0620. The molecule has 0 aliphatic carbocycles. The Morgan fingerprint density at radius 1 is 1.39 bits per heavy atom. The van der Waals surface area contributed by atoms with Crippen molar-refractivity contribution in [3.63, 3.8) is 0 Å². The first kappa shape index (κ1) is 16.2. The van der Waals surface area contributed by atoms with E-state index in [4.69, 9.17) is 16.7 Å². The van der Waals surface area contributed by atoms with Gasteiger partial charge in [-0.3, -0.25) is 4.79 Å². The van der Waals surface area contributed by atoms with Gasteiger partial charge in [-0.05, 0) is 24.6 Å². The summed E-state index contributed by atoms with van der Waals surface area (Å²) in [6.45, 7) is 1.04. The Bertz CT molecular complexity index is 794. The lowest BCUT2D eigenvalue weighted by Crippen LogP contribution is -2.33. The predicted molar refractivity (Wildman–Crippen MR) is 81.8 cm³/mol. The number of halogens is 1. The molecule has 1 aromatic carbocycles. The van der Waals surface area contributed by atoms with Crippen LogP contribution in [0.1, 0.15) is 23.2 Å². The van der Waals surface area contributed by atoms with Crippen molar-refractivity contribution in [2.24, 2.45) is 5.41 Å². The van der Waals surface area contributed by atoms with E-state index in [0.29, 0.717) is 25.9 Å². The SMILES string of the molecule is O=C1CC2(CCN(S(=O)(=O)c3ccc(C(=O)O)cc3Cl)C2)CN1. The molecule has 2 aliphatic rings. The third-order valence-corrected chi connectivity index (χ3v) is 6.72. The summed E-state index contributed by atoms with van der Waals surface area (Å²) < 4.78 is 26.8. The molecule has 23 heavy (non-hydrogen) atoms. The van der Waals surface area contributed by atoms with Gasteiger partial charge in [0.25, 0.3) is 0 Å². The van der Waals surface area contributed by atoms with Crippen molar-refractivity contribution in [3.8, 4) is 0 Å². The highest BCUT2D eigenvalue weighted by molar-refractivity contribution is 7.89. The van der Waals surface area contributed by atoms with Crippen molar-refractivity contribution in [2.75, 3.05) is 19.6 Å². The van der Waals surface area contributed by atoms with E-state index in [1.807, 2.05) is 0 Å². The number of aromatic carboxylic acids is 1. The highest BCUT2D eigenvalue weighted by Crippen LogP contribution is 2.39. The van der Waals surface area contributed by atoms with Gasteiger partial charge in [-0.25, -0.2) is 13.2 Å². The van der Waals surface area contributed by atoms with E-state index in [2.05, 4.69) is 5.32 Å². The number of hydrogen-bond acceptors (Lipinski definition) is 4. The number of carboxylic acids is 1. The fourth-order valence-electron chi connectivity index (χ4n) is 3.12. The zero-order valence-corrected chi connectivity index (χ0v) is 13.7. The molecular formula is C14H15ClN2O5S. The first-order chi connectivity index (χ1) is 10.7. The molecule has 2 aliphatic heterocycles. The molecular weight excluding hydrogens is 344 g/mol. The summed E-state index contributed by atoms with van der Waals surface area (Å²) in [5.41, 5.74) is -0.421. The van der Waals surface area contributed by atoms with Crippen molar-refractivity contribution in [3.05, 3.63) is 28.8 Å². The molecule has 0 bridgehead atoms. The maximum Gasteiger partial charge on any atom is 0.335 e. The van der Waals surface area contributed by atoms with Crippen LogP contribution in [0.5, 0.6) is 0 Å². The molecule has 3 rings (SSSR count). The number of carbonyl (C=O) groups excluding carboxylic acids is 1. The van der Waals surface area contributed by atoms with Crippen LogP contribution in [0.3, 0.4) is 0 Å². The summed E-state index contributed by atoms with van der Waals surface area (Å²) in [4.78, 5) is 22.2. The van der Waals surface area contributed by atoms with Crippen LogP contribution >= 0.6 is 11.6 Å². The number of hydrogen-bond donors (Lipinski definition) is 2. The van der Waals surface area contributed by atoms with Crippen LogP contribution in [-0.2, 0) is 14.8 Å². The minimum atomic E-state index is -3.82. The van der Waals surface area contributed by atoms with E-state index in [1.54, 1.807) is 0 Å². The molecule has 1 amide bonds. The monoisotopic (exact) mass is 358 g/mol. The predicted octanol–water partition coefficient (Wildman–Crippen LogP) is 0.939. The van der Waals surface area contributed by atoms with Crippen molar-refractivity contribution >= 4 is 33.5 Å². The number of amides is 1. The number of benzene rings is 1. The molecule has 1 spiro atoms. The third-order valence-electron chi connectivity index (χ3n) is 4.40. The summed E-state index contributed by atoms with van der Waals surface area (Å²) in [5, 5.41) is 11.5. The number of nitrogens with one attached hydrogen (secondary N) is 1. The van der Waals surface area contributed by atoms with E-state index in [9.17, 15) is 18.0 Å². The lowest BCUT2D eigenvalue weighted by atomic mass is 9.86. The lowest BCUT2D eigenvalue weighted by Gasteiger charge is -2.22. The van der Waals surface area contributed by atoms with E-state index in [0.717, 1.165) is 6.07 Å². The first-order valence-corrected chi connectivity index (χ1v) is 8.85. The molecule has 2 N–H and O–H groups in total. The van der Waals surface area contributed by atoms with Crippen LogP contribution in [-0.4, -0.2) is 49.3 Å². The standard InChI is InChI=1S/C14H15ClN2O5S/c15-10-5-9(13(19)20)1-2-11(10)23(21,22)17-4-3-14(8-17)6-12(18)16-7-14/h1-2,5H,3-4,6-8H2,(H,16,18)(H,19,20). The highest BCUT2D eigenvalue weighted by atomic mass is 35.5. The fraction of sp³-hybridized carbons (Fsp3) is 0.429. The molecule has 1 unspecified atom stereocenters. The van der Waals surface area contributed by atoms with Crippen LogP contribution in [0.4, 0.5) is 0 Å². The summed E-state index contributed by atoms with van der Waals surface area (Å²) in [6, 6.07) is 3.56. The molecule has 2 heterocycles. The van der Waals surface area contributed by atoms with Gasteiger partial charge >= 0.3 is 5.97 Å². The quantitative estimate of drug-likeness (QED) is 0.836. The van der Waals surface area contributed by atoms with Crippen LogP contribution in [0.2, 0.25) is 5.02 Å². The zero-order valence-electron chi connectivity index (χ0n) is 12.1. The highest BCUT2D eigenvalue weighted by Gasteiger charge is 2.47. The fourth-order valence-corrected chi connectivity index (χ4v) is 5.19. The second-order valence-electron chi connectivity index (χ2n) is 5.99. The lowest BCUT2D eigenvalue weighted by molar-refractivity contribution is -0.119. The van der Waals surface area contributed by atoms with Gasteiger partial charge in [0.2, 0.25) is 15.9 Å². The van der Waals surface area contributed by atoms with Crippen molar-refractivity contribution < 1.29 is 23.1 Å². The number of nitrogens with zero attached hydrogens (tertiary/aromatic N) is 1. The minimum Gasteiger partial charge on any atom is -0.478 e. The molecule has 7 nitrogen and oxygen atoms in total. The average Bonchev–Trinajstić information content (AvgIpc) is 3.06. The second-order valence-corrected chi connectivity index (χ2v) is 8.31. The number of carbonyl (C=O) groups is 2. The molecule has 1 atom stereocenters. The summed E-state index contributed by atoms with van der Waals surface area (Å²) in [7, 11) is -3.82. The van der Waals surface area contributed by atoms with Crippen molar-refractivity contribution in [2.45, 2.75) is 17.7 Å². The first-order valence-electron chi connectivity index (χ1n) is 7.03. The second kappa shape index (κ2) is 5.47. The van der Waals surface area contributed by atoms with Crippen LogP contribution in [0.15, 0.2) is 23.1 Å². The van der Waals surface area contributed by atoms with Gasteiger partial charge in [0.15, 0.2) is 0 Å². The molecule has 0 aromatic heterocycles. The molecule has 0 saturated carbocycles. The average molecular weight is 359 g/mol. The molecule has 0 radical (unpaired) electrons. The van der Waals surface area contributed by atoms with E-state index >= 15 is 0 Å². The molecule has 2 fully saturated rings. The van der Waals surface area contributed by atoms with Crippen LogP contribution < -0.4 is 5.32 Å². The number of rotatable bonds is 3. The number of sulfonamides is 1. The summed E-state index contributed by atoms with van der Waals surface area (Å²) in [6.07, 6.45) is 0.931. The third kappa shape index (κ3) is 2.82. The topological polar surface area (TPSA) is 104 Å². The van der Waals surface area contributed by atoms with Crippen LogP contribution in [0.25, 0.3) is 0 Å². The van der Waals surface area contributed by atoms with Crippen molar-refractivity contribution in [1.82, 2.24) is 9.62 Å². The maximum atomic E-state index is 12.7. The van der Waals surface area contributed by atoms with Gasteiger partial charge in [-0.15, -0.1) is 0 Å². The van der Waals surface area contributed by atoms with E-state index in [-0.39, 0.29) is 33.3 Å². The Balaban J connectivity index is 1.88. The molecule has 124 valence electrons. The zero-order chi connectivity index (χ0) is 16.8. The Kier molecular flexibility index (Phi) is 3.86. The Morgan fingerprint density at radius 3 is 2.70 bits per heavy atom. The van der Waals surface area contributed by atoms with Gasteiger partial charge in [-0.1, -0.05) is 11.6 Å². The van der Waals surface area contributed by atoms with Gasteiger partial charge in [0.1, 0.15) is 4.90 Å². The largest absolute Gasteiger partial charge is 0.478 e. The van der Waals surface area contributed by atoms with Gasteiger partial charge in [0.05, 0.1) is 10.6 Å². The Labute approximate surface area is 138 Å². The Hall–Kier alpha value is -1.64. The molecule has 9 heteroatoms. The Morgan fingerprint density at radius 2 is 2.13 bits per heavy atom. The van der Waals surface area contributed by atoms with Gasteiger partial charge < -0.3 is 10.4 Å². The van der Waals surface area contributed by atoms with Gasteiger partial charge in [0, 0.05) is 31.5 Å². The van der Waals surface area contributed by atoms with Gasteiger partial charge in [-0.2, -0.15) is 4.31 Å². The smallest absolute Gasteiger partial charge is 0.335 e. The van der Waals surface area contributed by atoms with E-state index in [1.165, 1.54) is 16.4 Å². The van der Waals surface area contributed by atoms with Crippen molar-refractivity contribution in [1.29, 1.82) is 0 Å².